The molecule has 7 aromatic carbocycles. The van der Waals surface area contributed by atoms with Gasteiger partial charge in [0, 0.05) is 40.9 Å². The van der Waals surface area contributed by atoms with E-state index in [9.17, 15) is 0 Å². The summed E-state index contributed by atoms with van der Waals surface area (Å²) in [7, 11) is 0. The molecule has 238 valence electrons. The van der Waals surface area contributed by atoms with Crippen molar-refractivity contribution in [3.05, 3.63) is 189 Å². The highest BCUT2D eigenvalue weighted by atomic mass is 15.0. The molecule has 0 saturated heterocycles. The SMILES string of the molecule is c1cncc(-c2ccc(-c3ccc4c5c6ccccc6c(-c6ccc(-c7cccnc7)cc6)cc5n(-c5cccc6ccccc56)c4c3)cc2)c1. The van der Waals surface area contributed by atoms with Crippen molar-refractivity contribution in [3.63, 3.8) is 0 Å². The third-order valence-corrected chi connectivity index (χ3v) is 10.2. The van der Waals surface area contributed by atoms with E-state index in [0.29, 0.717) is 0 Å². The summed E-state index contributed by atoms with van der Waals surface area (Å²) in [6, 6.07) is 59.4. The number of hydrogen-bond donors (Lipinski definition) is 0. The molecule has 0 aliphatic carbocycles. The van der Waals surface area contributed by atoms with E-state index in [2.05, 4.69) is 166 Å². The van der Waals surface area contributed by atoms with Crippen LogP contribution in [-0.2, 0) is 0 Å². The second-order valence-electron chi connectivity index (χ2n) is 13.1. The van der Waals surface area contributed by atoms with Gasteiger partial charge in [-0.1, -0.05) is 133 Å². The lowest BCUT2D eigenvalue weighted by Crippen LogP contribution is -1.96. The first-order valence-corrected chi connectivity index (χ1v) is 17.3. The highest BCUT2D eigenvalue weighted by Crippen LogP contribution is 2.43. The van der Waals surface area contributed by atoms with Crippen molar-refractivity contribution in [2.75, 3.05) is 0 Å². The summed E-state index contributed by atoms with van der Waals surface area (Å²) in [6.07, 6.45) is 7.46. The minimum atomic E-state index is 1.11. The minimum Gasteiger partial charge on any atom is -0.309 e. The van der Waals surface area contributed by atoms with Crippen LogP contribution in [0.25, 0.3) is 93.5 Å². The molecule has 3 aromatic heterocycles. The Bertz CT molecular complexity index is 2870. The summed E-state index contributed by atoms with van der Waals surface area (Å²) < 4.78 is 2.49. The average Bonchev–Trinajstić information content (AvgIpc) is 3.54. The van der Waals surface area contributed by atoms with Crippen molar-refractivity contribution >= 4 is 43.4 Å². The Hall–Kier alpha value is -6.84. The molecule has 3 heteroatoms. The Labute approximate surface area is 295 Å². The van der Waals surface area contributed by atoms with E-state index in [4.69, 9.17) is 0 Å². The van der Waals surface area contributed by atoms with Crippen LogP contribution in [0.4, 0.5) is 0 Å². The molecule has 0 N–H and O–H groups in total. The van der Waals surface area contributed by atoms with Crippen LogP contribution in [0.5, 0.6) is 0 Å². The zero-order valence-electron chi connectivity index (χ0n) is 27.7. The molecule has 3 heterocycles. The fourth-order valence-electron chi connectivity index (χ4n) is 7.72. The molecule has 3 nitrogen and oxygen atoms in total. The van der Waals surface area contributed by atoms with Gasteiger partial charge < -0.3 is 4.57 Å². The van der Waals surface area contributed by atoms with Crippen LogP contribution in [0.1, 0.15) is 0 Å². The van der Waals surface area contributed by atoms with Gasteiger partial charge in [-0.25, -0.2) is 0 Å². The summed E-state index contributed by atoms with van der Waals surface area (Å²) in [5.74, 6) is 0. The molecule has 0 amide bonds. The van der Waals surface area contributed by atoms with Crippen LogP contribution in [0, 0.1) is 0 Å². The lowest BCUT2D eigenvalue weighted by Gasteiger charge is -2.14. The number of fused-ring (bicyclic) bond motifs is 6. The van der Waals surface area contributed by atoms with Crippen molar-refractivity contribution in [2.24, 2.45) is 0 Å². The average molecular weight is 650 g/mol. The number of pyridine rings is 2. The van der Waals surface area contributed by atoms with Crippen LogP contribution in [-0.4, -0.2) is 14.5 Å². The molecule has 10 rings (SSSR count). The molecule has 0 radical (unpaired) electrons. The van der Waals surface area contributed by atoms with Crippen LogP contribution in [0.15, 0.2) is 189 Å². The third kappa shape index (κ3) is 4.90. The van der Waals surface area contributed by atoms with Crippen LogP contribution >= 0.6 is 0 Å². The second kappa shape index (κ2) is 11.9. The number of nitrogens with zero attached hydrogens (tertiary/aromatic N) is 3. The Morgan fingerprint density at radius 2 is 0.922 bits per heavy atom. The highest BCUT2D eigenvalue weighted by Gasteiger charge is 2.20. The summed E-state index contributed by atoms with van der Waals surface area (Å²) >= 11 is 0. The predicted molar refractivity (Wildman–Crippen MR) is 213 cm³/mol. The zero-order chi connectivity index (χ0) is 33.7. The van der Waals surface area contributed by atoms with E-state index >= 15 is 0 Å². The predicted octanol–water partition coefficient (Wildman–Crippen LogP) is 12.5. The third-order valence-electron chi connectivity index (χ3n) is 10.2. The van der Waals surface area contributed by atoms with Crippen molar-refractivity contribution in [1.29, 1.82) is 0 Å². The van der Waals surface area contributed by atoms with E-state index in [-0.39, 0.29) is 0 Å². The first-order valence-electron chi connectivity index (χ1n) is 17.3. The van der Waals surface area contributed by atoms with Crippen LogP contribution < -0.4 is 0 Å². The van der Waals surface area contributed by atoms with Gasteiger partial charge in [0.25, 0.3) is 0 Å². The van der Waals surface area contributed by atoms with Crippen LogP contribution in [0.2, 0.25) is 0 Å². The Kier molecular flexibility index (Phi) is 6.81. The Morgan fingerprint density at radius 1 is 0.353 bits per heavy atom. The Morgan fingerprint density at radius 3 is 1.59 bits per heavy atom. The highest BCUT2D eigenvalue weighted by molar-refractivity contribution is 6.25. The first-order chi connectivity index (χ1) is 25.3. The van der Waals surface area contributed by atoms with Gasteiger partial charge in [-0.15, -0.1) is 0 Å². The molecule has 10 aromatic rings. The van der Waals surface area contributed by atoms with Crippen molar-refractivity contribution in [2.45, 2.75) is 0 Å². The molecule has 51 heavy (non-hydrogen) atoms. The topological polar surface area (TPSA) is 30.7 Å². The minimum absolute atomic E-state index is 1.11. The van der Waals surface area contributed by atoms with E-state index in [1.54, 1.807) is 0 Å². The zero-order valence-corrected chi connectivity index (χ0v) is 27.7. The summed E-state index contributed by atoms with van der Waals surface area (Å²) in [5, 5.41) is 7.44. The van der Waals surface area contributed by atoms with Crippen molar-refractivity contribution in [3.8, 4) is 50.2 Å². The smallest absolute Gasteiger partial charge is 0.0553 e. The maximum atomic E-state index is 4.33. The van der Waals surface area contributed by atoms with E-state index in [0.717, 1.165) is 22.3 Å². The first kappa shape index (κ1) is 29.1. The number of aromatic nitrogens is 3. The van der Waals surface area contributed by atoms with Gasteiger partial charge >= 0.3 is 0 Å². The Balaban J connectivity index is 1.23. The lowest BCUT2D eigenvalue weighted by atomic mass is 9.93. The molecule has 0 saturated carbocycles. The quantitative estimate of drug-likeness (QED) is 0.186. The van der Waals surface area contributed by atoms with Gasteiger partial charge in [-0.05, 0) is 91.0 Å². The molecule has 0 spiro atoms. The van der Waals surface area contributed by atoms with Gasteiger partial charge in [-0.3, -0.25) is 9.97 Å². The summed E-state index contributed by atoms with van der Waals surface area (Å²) in [4.78, 5) is 8.65. The molecule has 0 fully saturated rings. The standard InChI is InChI=1S/C48H31N3/c1-2-12-40-35(8-1)9-5-15-45(40)51-46-28-37(32-16-18-33(19-17-32)38-10-6-26-49-30-38)24-25-43(46)48-42-14-4-3-13-41(42)44(29-47(48)51)36-22-20-34(21-23-36)39-11-7-27-50-31-39/h1-31H. The molecule has 0 bridgehead atoms. The number of hydrogen-bond acceptors (Lipinski definition) is 2. The largest absolute Gasteiger partial charge is 0.309 e. The maximum absolute atomic E-state index is 4.33. The van der Waals surface area contributed by atoms with E-state index in [1.165, 1.54) is 71.3 Å². The number of benzene rings is 7. The lowest BCUT2D eigenvalue weighted by molar-refractivity contribution is 1.20. The summed E-state index contributed by atoms with van der Waals surface area (Å²) in [5.41, 5.74) is 12.8. The molecule has 0 aliphatic rings. The van der Waals surface area contributed by atoms with E-state index < -0.39 is 0 Å². The van der Waals surface area contributed by atoms with Crippen molar-refractivity contribution in [1.82, 2.24) is 14.5 Å². The number of rotatable bonds is 5. The van der Waals surface area contributed by atoms with Gasteiger partial charge in [0.1, 0.15) is 0 Å². The molecule has 0 aliphatic heterocycles. The molecular formula is C48H31N3. The van der Waals surface area contributed by atoms with E-state index in [1.807, 2.05) is 36.9 Å². The van der Waals surface area contributed by atoms with Crippen molar-refractivity contribution < 1.29 is 0 Å². The van der Waals surface area contributed by atoms with Crippen LogP contribution in [0.3, 0.4) is 0 Å². The van der Waals surface area contributed by atoms with Gasteiger partial charge in [0.2, 0.25) is 0 Å². The summed E-state index contributed by atoms with van der Waals surface area (Å²) in [6.45, 7) is 0. The molecule has 0 unspecified atom stereocenters. The van der Waals surface area contributed by atoms with Gasteiger partial charge in [0.15, 0.2) is 0 Å². The molecule has 0 atom stereocenters. The molecular weight excluding hydrogens is 619 g/mol. The fraction of sp³-hybridized carbons (Fsp3) is 0. The fourth-order valence-corrected chi connectivity index (χ4v) is 7.72. The normalized spacial score (nSPS) is 11.5. The van der Waals surface area contributed by atoms with Gasteiger partial charge in [-0.2, -0.15) is 0 Å². The maximum Gasteiger partial charge on any atom is 0.0553 e. The second-order valence-corrected chi connectivity index (χ2v) is 13.1. The van der Waals surface area contributed by atoms with Gasteiger partial charge in [0.05, 0.1) is 16.7 Å². The monoisotopic (exact) mass is 649 g/mol.